The first-order valence-electron chi connectivity index (χ1n) is 9.44. The standard InChI is InChI=1S/C19H34N2O5/c1-7-13(3)20-16(22)10-15(17(23)24)14-8-9-21(11-12(14)2)18(25)26-19(4,5)6/h12-15H,7-11H2,1-6H3,(H,20,22)(H,23,24). The van der Waals surface area contributed by atoms with Crippen molar-refractivity contribution in [2.75, 3.05) is 13.1 Å². The average molecular weight is 370 g/mol. The summed E-state index contributed by atoms with van der Waals surface area (Å²) >= 11 is 0. The molecule has 1 aliphatic rings. The number of aliphatic carboxylic acids is 1. The molecule has 1 heterocycles. The van der Waals surface area contributed by atoms with Crippen molar-refractivity contribution < 1.29 is 24.2 Å². The highest BCUT2D eigenvalue weighted by atomic mass is 16.6. The molecule has 1 saturated heterocycles. The molecule has 7 nitrogen and oxygen atoms in total. The second kappa shape index (κ2) is 9.24. The van der Waals surface area contributed by atoms with Crippen LogP contribution in [0.4, 0.5) is 4.79 Å². The number of rotatable bonds is 6. The predicted octanol–water partition coefficient (Wildman–Crippen LogP) is 2.89. The van der Waals surface area contributed by atoms with Gasteiger partial charge in [-0.25, -0.2) is 4.79 Å². The maximum absolute atomic E-state index is 12.2. The number of hydrogen-bond acceptors (Lipinski definition) is 4. The van der Waals surface area contributed by atoms with Gasteiger partial charge in [-0.3, -0.25) is 9.59 Å². The third-order valence-electron chi connectivity index (χ3n) is 4.88. The summed E-state index contributed by atoms with van der Waals surface area (Å²) in [4.78, 5) is 37.8. The van der Waals surface area contributed by atoms with E-state index in [2.05, 4.69) is 5.32 Å². The van der Waals surface area contributed by atoms with Crippen LogP contribution in [0.25, 0.3) is 0 Å². The molecule has 4 atom stereocenters. The zero-order valence-electron chi connectivity index (χ0n) is 16.9. The molecule has 0 saturated carbocycles. The smallest absolute Gasteiger partial charge is 0.410 e. The van der Waals surface area contributed by atoms with Crippen molar-refractivity contribution in [3.05, 3.63) is 0 Å². The molecule has 1 aliphatic heterocycles. The van der Waals surface area contributed by atoms with E-state index in [-0.39, 0.29) is 36.3 Å². The van der Waals surface area contributed by atoms with Gasteiger partial charge in [-0.2, -0.15) is 0 Å². The van der Waals surface area contributed by atoms with Crippen molar-refractivity contribution in [2.24, 2.45) is 17.8 Å². The SMILES string of the molecule is CCC(C)NC(=O)CC(C(=O)O)C1CCN(C(=O)OC(C)(C)C)CC1C. The number of carboxylic acids is 1. The number of carboxylic acid groups (broad SMARTS) is 1. The van der Waals surface area contributed by atoms with Crippen molar-refractivity contribution >= 4 is 18.0 Å². The summed E-state index contributed by atoms with van der Waals surface area (Å²) in [6.07, 6.45) is 0.952. The van der Waals surface area contributed by atoms with Crippen molar-refractivity contribution in [3.63, 3.8) is 0 Å². The van der Waals surface area contributed by atoms with Crippen LogP contribution in [-0.4, -0.2) is 52.7 Å². The van der Waals surface area contributed by atoms with Crippen LogP contribution in [-0.2, 0) is 14.3 Å². The second-order valence-corrected chi connectivity index (χ2v) is 8.38. The zero-order valence-corrected chi connectivity index (χ0v) is 16.9. The Morgan fingerprint density at radius 3 is 2.38 bits per heavy atom. The van der Waals surface area contributed by atoms with E-state index in [1.807, 2.05) is 41.5 Å². The summed E-state index contributed by atoms with van der Waals surface area (Å²) in [5.74, 6) is -2.09. The van der Waals surface area contributed by atoms with Gasteiger partial charge in [-0.1, -0.05) is 13.8 Å². The lowest BCUT2D eigenvalue weighted by molar-refractivity contribution is -0.148. The topological polar surface area (TPSA) is 95.9 Å². The number of piperidine rings is 1. The first-order valence-corrected chi connectivity index (χ1v) is 9.44. The average Bonchev–Trinajstić information content (AvgIpc) is 2.50. The fourth-order valence-corrected chi connectivity index (χ4v) is 3.31. The number of nitrogens with zero attached hydrogens (tertiary/aromatic N) is 1. The normalized spacial score (nSPS) is 23.1. The molecule has 7 heteroatoms. The van der Waals surface area contributed by atoms with Crippen LogP contribution in [0, 0.1) is 17.8 Å². The Hall–Kier alpha value is -1.79. The molecule has 0 radical (unpaired) electrons. The number of nitrogens with one attached hydrogen (secondary N) is 1. The van der Waals surface area contributed by atoms with Gasteiger partial charge in [0.25, 0.3) is 0 Å². The van der Waals surface area contributed by atoms with E-state index in [0.29, 0.717) is 19.5 Å². The van der Waals surface area contributed by atoms with Gasteiger partial charge >= 0.3 is 12.1 Å². The molecule has 4 unspecified atom stereocenters. The molecule has 0 aliphatic carbocycles. The van der Waals surface area contributed by atoms with Crippen molar-refractivity contribution in [3.8, 4) is 0 Å². The fourth-order valence-electron chi connectivity index (χ4n) is 3.31. The third-order valence-corrected chi connectivity index (χ3v) is 4.88. The largest absolute Gasteiger partial charge is 0.481 e. The van der Waals surface area contributed by atoms with E-state index in [1.54, 1.807) is 4.90 Å². The number of hydrogen-bond donors (Lipinski definition) is 2. The van der Waals surface area contributed by atoms with Crippen LogP contribution in [0.3, 0.4) is 0 Å². The zero-order chi connectivity index (χ0) is 20.1. The van der Waals surface area contributed by atoms with E-state index >= 15 is 0 Å². The van der Waals surface area contributed by atoms with Crippen LogP contribution in [0.5, 0.6) is 0 Å². The molecule has 0 bridgehead atoms. The number of carbonyl (C=O) groups excluding carboxylic acids is 2. The number of amides is 2. The maximum Gasteiger partial charge on any atom is 0.410 e. The van der Waals surface area contributed by atoms with Gasteiger partial charge in [0.05, 0.1) is 5.92 Å². The Morgan fingerprint density at radius 2 is 1.92 bits per heavy atom. The lowest BCUT2D eigenvalue weighted by Gasteiger charge is -2.39. The molecule has 0 aromatic rings. The first kappa shape index (κ1) is 22.3. The van der Waals surface area contributed by atoms with Gasteiger partial charge < -0.3 is 20.1 Å². The Bertz CT molecular complexity index is 515. The van der Waals surface area contributed by atoms with E-state index < -0.39 is 17.5 Å². The molecule has 1 rings (SSSR count). The van der Waals surface area contributed by atoms with Crippen LogP contribution in [0.15, 0.2) is 0 Å². The first-order chi connectivity index (χ1) is 11.9. The van der Waals surface area contributed by atoms with Crippen molar-refractivity contribution in [1.82, 2.24) is 10.2 Å². The third kappa shape index (κ3) is 6.84. The van der Waals surface area contributed by atoms with Gasteiger partial charge in [-0.15, -0.1) is 0 Å². The minimum atomic E-state index is -0.952. The van der Waals surface area contributed by atoms with Crippen LogP contribution in [0.1, 0.15) is 60.8 Å². The van der Waals surface area contributed by atoms with Crippen LogP contribution in [0.2, 0.25) is 0 Å². The molecule has 150 valence electrons. The molecule has 0 aromatic carbocycles. The predicted molar refractivity (Wildman–Crippen MR) is 98.7 cm³/mol. The highest BCUT2D eigenvalue weighted by Crippen LogP contribution is 2.33. The van der Waals surface area contributed by atoms with Gasteiger partial charge in [0, 0.05) is 25.6 Å². The van der Waals surface area contributed by atoms with Crippen LogP contribution >= 0.6 is 0 Å². The molecule has 26 heavy (non-hydrogen) atoms. The molecule has 1 fully saturated rings. The summed E-state index contributed by atoms with van der Waals surface area (Å²) in [5, 5.41) is 12.5. The van der Waals surface area contributed by atoms with Gasteiger partial charge in [0.1, 0.15) is 5.60 Å². The summed E-state index contributed by atoms with van der Waals surface area (Å²) < 4.78 is 5.40. The summed E-state index contributed by atoms with van der Waals surface area (Å²) in [7, 11) is 0. The van der Waals surface area contributed by atoms with Gasteiger partial charge in [-0.05, 0) is 52.4 Å². The quantitative estimate of drug-likeness (QED) is 0.749. The minimum absolute atomic E-state index is 0.0197. The van der Waals surface area contributed by atoms with E-state index in [4.69, 9.17) is 4.74 Å². The Balaban J connectivity index is 2.71. The Kier molecular flexibility index (Phi) is 7.90. The Morgan fingerprint density at radius 1 is 1.31 bits per heavy atom. The monoisotopic (exact) mass is 370 g/mol. The number of ether oxygens (including phenoxy) is 1. The number of likely N-dealkylation sites (tertiary alicyclic amines) is 1. The fraction of sp³-hybridized carbons (Fsp3) is 0.842. The lowest BCUT2D eigenvalue weighted by atomic mass is 9.76. The maximum atomic E-state index is 12.2. The van der Waals surface area contributed by atoms with Gasteiger partial charge in [0.15, 0.2) is 0 Å². The van der Waals surface area contributed by atoms with Crippen molar-refractivity contribution in [2.45, 2.75) is 72.4 Å². The lowest BCUT2D eigenvalue weighted by Crippen LogP contribution is -2.48. The highest BCUT2D eigenvalue weighted by Gasteiger charge is 2.39. The van der Waals surface area contributed by atoms with E-state index in [1.165, 1.54) is 0 Å². The Labute approximate surface area is 156 Å². The van der Waals surface area contributed by atoms with Gasteiger partial charge in [0.2, 0.25) is 5.91 Å². The molecular weight excluding hydrogens is 336 g/mol. The van der Waals surface area contributed by atoms with Crippen LogP contribution < -0.4 is 5.32 Å². The van der Waals surface area contributed by atoms with Crippen molar-refractivity contribution in [1.29, 1.82) is 0 Å². The molecule has 0 aromatic heterocycles. The van der Waals surface area contributed by atoms with E-state index in [9.17, 15) is 19.5 Å². The highest BCUT2D eigenvalue weighted by molar-refractivity contribution is 5.82. The molecule has 0 spiro atoms. The molecule has 2 amide bonds. The molecule has 2 N–H and O–H groups in total. The summed E-state index contributed by atoms with van der Waals surface area (Å²) in [6.45, 7) is 12.1. The summed E-state index contributed by atoms with van der Waals surface area (Å²) in [5.41, 5.74) is -0.561. The minimum Gasteiger partial charge on any atom is -0.481 e. The number of carbonyl (C=O) groups is 3. The second-order valence-electron chi connectivity index (χ2n) is 8.38. The molecular formula is C19H34N2O5. The van der Waals surface area contributed by atoms with E-state index in [0.717, 1.165) is 6.42 Å². The summed E-state index contributed by atoms with van der Waals surface area (Å²) in [6, 6.07) is 0.0309.